The van der Waals surface area contributed by atoms with E-state index in [1.54, 1.807) is 13.2 Å². The molecule has 0 spiro atoms. The first-order valence-electron chi connectivity index (χ1n) is 12.5. The molecule has 1 aromatic heterocycles. The molecular weight excluding hydrogens is 484 g/mol. The number of rotatable bonds is 8. The predicted molar refractivity (Wildman–Crippen MR) is 146 cm³/mol. The number of aryl methyl sites for hydroxylation is 1. The number of hydrogen-bond acceptors (Lipinski definition) is 7. The SMILES string of the molecule is COc1ccc(-c2cc(=O)oc3c(C)c(OCC(=O)Nc4ccc(CN5CCOCC5)cc4)ccc23)cc1. The van der Waals surface area contributed by atoms with Crippen molar-refractivity contribution < 1.29 is 23.4 Å². The maximum Gasteiger partial charge on any atom is 0.336 e. The zero-order chi connectivity index (χ0) is 26.5. The van der Waals surface area contributed by atoms with E-state index in [-0.39, 0.29) is 12.5 Å². The molecule has 1 aliphatic rings. The van der Waals surface area contributed by atoms with Crippen LogP contribution in [0.2, 0.25) is 0 Å². The lowest BCUT2D eigenvalue weighted by Gasteiger charge is -2.26. The smallest absolute Gasteiger partial charge is 0.336 e. The van der Waals surface area contributed by atoms with Crippen LogP contribution in [0.5, 0.6) is 11.5 Å². The normalized spacial score (nSPS) is 13.8. The lowest BCUT2D eigenvalue weighted by Crippen LogP contribution is -2.35. The molecule has 1 fully saturated rings. The van der Waals surface area contributed by atoms with E-state index in [4.69, 9.17) is 18.6 Å². The number of fused-ring (bicyclic) bond motifs is 1. The highest BCUT2D eigenvalue weighted by atomic mass is 16.5. The Bertz CT molecular complexity index is 1470. The van der Waals surface area contributed by atoms with Crippen molar-refractivity contribution in [3.63, 3.8) is 0 Å². The first-order chi connectivity index (χ1) is 18.5. The molecule has 1 amide bonds. The Kier molecular flexibility index (Phi) is 7.72. The van der Waals surface area contributed by atoms with Gasteiger partial charge in [0.05, 0.1) is 20.3 Å². The molecule has 0 bridgehead atoms. The zero-order valence-corrected chi connectivity index (χ0v) is 21.5. The van der Waals surface area contributed by atoms with Crippen molar-refractivity contribution in [1.82, 2.24) is 4.90 Å². The molecule has 1 saturated heterocycles. The first kappa shape index (κ1) is 25.5. The molecule has 0 unspecified atom stereocenters. The summed E-state index contributed by atoms with van der Waals surface area (Å²) in [4.78, 5) is 27.3. The maximum absolute atomic E-state index is 12.6. The van der Waals surface area contributed by atoms with Gasteiger partial charge in [-0.25, -0.2) is 4.79 Å². The number of nitrogens with zero attached hydrogens (tertiary/aromatic N) is 1. The number of anilines is 1. The van der Waals surface area contributed by atoms with Crippen molar-refractivity contribution in [2.75, 3.05) is 45.3 Å². The van der Waals surface area contributed by atoms with Crippen LogP contribution in [0.1, 0.15) is 11.1 Å². The summed E-state index contributed by atoms with van der Waals surface area (Å²) in [6, 6.07) is 20.4. The first-order valence-corrected chi connectivity index (χ1v) is 12.5. The van der Waals surface area contributed by atoms with Gasteiger partial charge in [0.25, 0.3) is 5.91 Å². The van der Waals surface area contributed by atoms with Crippen molar-refractivity contribution in [2.45, 2.75) is 13.5 Å². The average molecular weight is 515 g/mol. The third-order valence-corrected chi connectivity index (χ3v) is 6.62. The van der Waals surface area contributed by atoms with Crippen LogP contribution in [0.3, 0.4) is 0 Å². The van der Waals surface area contributed by atoms with E-state index < -0.39 is 5.63 Å². The number of carbonyl (C=O) groups excluding carboxylic acids is 1. The van der Waals surface area contributed by atoms with E-state index in [0.29, 0.717) is 22.6 Å². The van der Waals surface area contributed by atoms with Crippen LogP contribution in [0, 0.1) is 6.92 Å². The van der Waals surface area contributed by atoms with Crippen LogP contribution in [0.15, 0.2) is 75.9 Å². The van der Waals surface area contributed by atoms with Crippen LogP contribution in [-0.4, -0.2) is 50.8 Å². The van der Waals surface area contributed by atoms with Crippen LogP contribution in [0.25, 0.3) is 22.1 Å². The van der Waals surface area contributed by atoms with Gasteiger partial charge >= 0.3 is 5.63 Å². The third kappa shape index (κ3) is 5.88. The van der Waals surface area contributed by atoms with E-state index in [2.05, 4.69) is 10.2 Å². The summed E-state index contributed by atoms with van der Waals surface area (Å²) in [6.45, 7) is 5.88. The highest BCUT2D eigenvalue weighted by Crippen LogP contribution is 2.33. The summed E-state index contributed by atoms with van der Waals surface area (Å²) >= 11 is 0. The topological polar surface area (TPSA) is 90.2 Å². The van der Waals surface area contributed by atoms with Crippen molar-refractivity contribution in [3.8, 4) is 22.6 Å². The Hall–Kier alpha value is -4.14. The molecule has 38 heavy (non-hydrogen) atoms. The summed E-state index contributed by atoms with van der Waals surface area (Å²) in [6.07, 6.45) is 0. The maximum atomic E-state index is 12.6. The second-order valence-electron chi connectivity index (χ2n) is 9.20. The van der Waals surface area contributed by atoms with Gasteiger partial charge in [-0.1, -0.05) is 24.3 Å². The van der Waals surface area contributed by atoms with Crippen LogP contribution in [-0.2, 0) is 16.1 Å². The van der Waals surface area contributed by atoms with Crippen LogP contribution >= 0.6 is 0 Å². The second kappa shape index (κ2) is 11.5. The molecule has 8 nitrogen and oxygen atoms in total. The van der Waals surface area contributed by atoms with Gasteiger partial charge in [-0.15, -0.1) is 0 Å². The molecule has 3 aromatic carbocycles. The standard InChI is InChI=1S/C30H30N2O6/c1-20-27(12-11-25-26(17-29(34)38-30(20)25)22-5-9-24(35-2)10-6-22)37-19-28(33)31-23-7-3-21(4-8-23)18-32-13-15-36-16-14-32/h3-12,17H,13-16,18-19H2,1-2H3,(H,31,33). The average Bonchev–Trinajstić information content (AvgIpc) is 2.94. The van der Waals surface area contributed by atoms with Gasteiger partial charge in [-0.2, -0.15) is 0 Å². The number of hydrogen-bond donors (Lipinski definition) is 1. The minimum absolute atomic E-state index is 0.176. The molecular formula is C30H30N2O6. The molecule has 4 aromatic rings. The van der Waals surface area contributed by atoms with Gasteiger partial charge in [0, 0.05) is 42.3 Å². The molecule has 196 valence electrons. The van der Waals surface area contributed by atoms with Crippen molar-refractivity contribution in [1.29, 1.82) is 0 Å². The summed E-state index contributed by atoms with van der Waals surface area (Å²) in [5.41, 5.74) is 4.12. The van der Waals surface area contributed by atoms with Crippen molar-refractivity contribution in [2.24, 2.45) is 0 Å². The van der Waals surface area contributed by atoms with Crippen LogP contribution < -0.4 is 20.4 Å². The predicted octanol–water partition coefficient (Wildman–Crippen LogP) is 4.63. The van der Waals surface area contributed by atoms with Gasteiger partial charge in [-0.3, -0.25) is 9.69 Å². The fraction of sp³-hybridized carbons (Fsp3) is 0.267. The molecule has 0 radical (unpaired) electrons. The number of nitrogens with one attached hydrogen (secondary N) is 1. The molecule has 0 aliphatic carbocycles. The minimum Gasteiger partial charge on any atom is -0.497 e. The lowest BCUT2D eigenvalue weighted by atomic mass is 10.00. The third-order valence-electron chi connectivity index (χ3n) is 6.62. The largest absolute Gasteiger partial charge is 0.497 e. The quantitative estimate of drug-likeness (QED) is 0.343. The number of methoxy groups -OCH3 is 1. The monoisotopic (exact) mass is 514 g/mol. The van der Waals surface area contributed by atoms with E-state index in [0.717, 1.165) is 55.1 Å². The fourth-order valence-corrected chi connectivity index (χ4v) is 4.56. The van der Waals surface area contributed by atoms with Gasteiger partial charge in [0.15, 0.2) is 6.61 Å². The number of benzene rings is 3. The Morgan fingerprint density at radius 3 is 2.45 bits per heavy atom. The van der Waals surface area contributed by atoms with E-state index >= 15 is 0 Å². The van der Waals surface area contributed by atoms with Gasteiger partial charge in [0.2, 0.25) is 0 Å². The van der Waals surface area contributed by atoms with Crippen molar-refractivity contribution in [3.05, 3.63) is 88.3 Å². The van der Waals surface area contributed by atoms with Crippen molar-refractivity contribution >= 4 is 22.6 Å². The number of amides is 1. The molecule has 0 saturated carbocycles. The van der Waals surface area contributed by atoms with E-state index in [1.165, 1.54) is 11.6 Å². The summed E-state index contributed by atoms with van der Waals surface area (Å²) in [5, 5.41) is 3.65. The Labute approximate surface area is 220 Å². The van der Waals surface area contributed by atoms with Gasteiger partial charge in [0.1, 0.15) is 17.1 Å². The molecule has 2 heterocycles. The van der Waals surface area contributed by atoms with Crippen LogP contribution in [0.4, 0.5) is 5.69 Å². The molecule has 1 N–H and O–H groups in total. The Morgan fingerprint density at radius 2 is 1.74 bits per heavy atom. The number of carbonyl (C=O) groups is 1. The molecule has 1 aliphatic heterocycles. The highest BCUT2D eigenvalue weighted by molar-refractivity contribution is 5.96. The lowest BCUT2D eigenvalue weighted by molar-refractivity contribution is -0.118. The minimum atomic E-state index is -0.460. The summed E-state index contributed by atoms with van der Waals surface area (Å²) < 4.78 is 22.0. The molecule has 0 atom stereocenters. The van der Waals surface area contributed by atoms with Gasteiger partial charge in [-0.05, 0) is 60.0 Å². The highest BCUT2D eigenvalue weighted by Gasteiger charge is 2.15. The Balaban J connectivity index is 1.25. The van der Waals surface area contributed by atoms with E-state index in [9.17, 15) is 9.59 Å². The number of morpholine rings is 1. The second-order valence-corrected chi connectivity index (χ2v) is 9.20. The van der Waals surface area contributed by atoms with E-state index in [1.807, 2.05) is 61.5 Å². The fourth-order valence-electron chi connectivity index (χ4n) is 4.56. The molecule has 5 rings (SSSR count). The molecule has 8 heteroatoms. The Morgan fingerprint density at radius 1 is 1.00 bits per heavy atom. The van der Waals surface area contributed by atoms with Gasteiger partial charge < -0.3 is 23.9 Å². The summed E-state index contributed by atoms with van der Waals surface area (Å²) in [5.74, 6) is 0.928. The number of ether oxygens (including phenoxy) is 3. The zero-order valence-electron chi connectivity index (χ0n) is 21.5. The summed E-state index contributed by atoms with van der Waals surface area (Å²) in [7, 11) is 1.61.